The van der Waals surface area contributed by atoms with Crippen molar-refractivity contribution in [2.45, 2.75) is 22.3 Å². The highest BCUT2D eigenvalue weighted by Gasteiger charge is 2.07. The van der Waals surface area contributed by atoms with Crippen LogP contribution in [-0.4, -0.2) is 19.9 Å². The van der Waals surface area contributed by atoms with Gasteiger partial charge in [-0.25, -0.2) is 19.9 Å². The molecular formula is C28H28ClN7O3S. The van der Waals surface area contributed by atoms with Gasteiger partial charge >= 0.3 is 0 Å². The molecule has 0 atom stereocenters. The standard InChI is InChI=1S/C11H6N4OS.C7H4ClNO.C7H6N2O.3CH4/c12-5-7-6-14-11(17-7)15-10-8-2-4-16-9(8)1-3-13-10;2*8-7-5-2-4-10-6(5)1-3-9-7;;;/h1-4,6H,(H,13,14,15);1-4H;1-4H,(H2,8,9);3*1H4. The number of thiazole rings is 1. The third-order valence-corrected chi connectivity index (χ3v) is 6.08. The monoisotopic (exact) mass is 577 g/mol. The van der Waals surface area contributed by atoms with Crippen molar-refractivity contribution in [3.63, 3.8) is 0 Å². The fourth-order valence-electron chi connectivity index (χ4n) is 3.26. The third-order valence-electron chi connectivity index (χ3n) is 4.96. The predicted molar refractivity (Wildman–Crippen MR) is 162 cm³/mol. The van der Waals surface area contributed by atoms with E-state index < -0.39 is 0 Å². The van der Waals surface area contributed by atoms with Gasteiger partial charge in [0.15, 0.2) is 5.13 Å². The Hall–Kier alpha value is -4.92. The quantitative estimate of drug-likeness (QED) is 0.191. The molecule has 0 fully saturated rings. The van der Waals surface area contributed by atoms with Gasteiger partial charge in [-0.15, -0.1) is 0 Å². The summed E-state index contributed by atoms with van der Waals surface area (Å²) in [6.07, 6.45) is 11.2. The van der Waals surface area contributed by atoms with E-state index in [1.165, 1.54) is 17.5 Å². The summed E-state index contributed by atoms with van der Waals surface area (Å²) in [5.41, 5.74) is 7.86. The highest BCUT2D eigenvalue weighted by molar-refractivity contribution is 7.16. The van der Waals surface area contributed by atoms with Crippen molar-refractivity contribution in [3.8, 4) is 6.07 Å². The molecule has 7 aromatic rings. The number of furan rings is 3. The van der Waals surface area contributed by atoms with Crippen LogP contribution >= 0.6 is 22.9 Å². The second-order valence-corrected chi connectivity index (χ2v) is 8.61. The van der Waals surface area contributed by atoms with Crippen LogP contribution in [0.25, 0.3) is 32.9 Å². The topological polar surface area (TPSA) is 153 Å². The van der Waals surface area contributed by atoms with E-state index in [1.807, 2.05) is 12.1 Å². The van der Waals surface area contributed by atoms with Gasteiger partial charge in [0.1, 0.15) is 44.5 Å². The van der Waals surface area contributed by atoms with Crippen LogP contribution in [0.4, 0.5) is 16.8 Å². The molecule has 0 spiro atoms. The Morgan fingerprint density at radius 1 is 0.750 bits per heavy atom. The number of nitrogen functional groups attached to an aromatic ring is 1. The molecule has 0 bridgehead atoms. The number of nitrogens with two attached hydrogens (primary N) is 1. The van der Waals surface area contributed by atoms with E-state index in [-0.39, 0.29) is 22.3 Å². The molecule has 0 saturated carbocycles. The van der Waals surface area contributed by atoms with Gasteiger partial charge < -0.3 is 24.3 Å². The first-order valence-electron chi connectivity index (χ1n) is 10.6. The van der Waals surface area contributed by atoms with Crippen molar-refractivity contribution < 1.29 is 13.3 Å². The maximum absolute atomic E-state index is 8.72. The fourth-order valence-corrected chi connectivity index (χ4v) is 4.08. The molecule has 40 heavy (non-hydrogen) atoms. The van der Waals surface area contributed by atoms with Crippen molar-refractivity contribution in [1.82, 2.24) is 19.9 Å². The number of rotatable bonds is 2. The molecule has 3 N–H and O–H groups in total. The van der Waals surface area contributed by atoms with Crippen LogP contribution in [0.15, 0.2) is 93.2 Å². The van der Waals surface area contributed by atoms with Crippen LogP contribution < -0.4 is 11.1 Å². The van der Waals surface area contributed by atoms with Gasteiger partial charge in [-0.1, -0.05) is 45.2 Å². The molecule has 0 aliphatic carbocycles. The Morgan fingerprint density at radius 2 is 1.30 bits per heavy atom. The van der Waals surface area contributed by atoms with E-state index in [0.717, 1.165) is 32.9 Å². The third kappa shape index (κ3) is 6.93. The van der Waals surface area contributed by atoms with E-state index in [4.69, 9.17) is 35.8 Å². The van der Waals surface area contributed by atoms with Crippen LogP contribution in [0.5, 0.6) is 0 Å². The highest BCUT2D eigenvalue weighted by atomic mass is 35.5. The van der Waals surface area contributed by atoms with Gasteiger partial charge in [0.05, 0.1) is 41.1 Å². The van der Waals surface area contributed by atoms with E-state index in [1.54, 1.807) is 67.7 Å². The maximum Gasteiger partial charge on any atom is 0.189 e. The molecule has 206 valence electrons. The maximum atomic E-state index is 8.72. The Kier molecular flexibility index (Phi) is 11.2. The summed E-state index contributed by atoms with van der Waals surface area (Å²) in [4.78, 5) is 16.7. The normalized spacial score (nSPS) is 9.60. The van der Waals surface area contributed by atoms with Gasteiger partial charge in [-0.3, -0.25) is 0 Å². The summed E-state index contributed by atoms with van der Waals surface area (Å²) in [5.74, 6) is 1.20. The summed E-state index contributed by atoms with van der Waals surface area (Å²) < 4.78 is 15.4. The number of nitriles is 1. The van der Waals surface area contributed by atoms with E-state index in [0.29, 0.717) is 26.8 Å². The van der Waals surface area contributed by atoms with Crippen LogP contribution in [0.3, 0.4) is 0 Å². The van der Waals surface area contributed by atoms with Crippen LogP contribution in [0.1, 0.15) is 27.2 Å². The van der Waals surface area contributed by atoms with Gasteiger partial charge in [-0.2, -0.15) is 5.26 Å². The minimum Gasteiger partial charge on any atom is -0.464 e. The zero-order valence-corrected chi connectivity index (χ0v) is 20.4. The number of halogens is 1. The van der Waals surface area contributed by atoms with Crippen molar-refractivity contribution >= 4 is 72.6 Å². The number of aromatic nitrogens is 4. The first kappa shape index (κ1) is 31.3. The lowest BCUT2D eigenvalue weighted by atomic mass is 10.3. The second kappa shape index (κ2) is 14.3. The number of pyridine rings is 3. The smallest absolute Gasteiger partial charge is 0.189 e. The van der Waals surface area contributed by atoms with Crippen LogP contribution in [0, 0.1) is 11.3 Å². The highest BCUT2D eigenvalue weighted by Crippen LogP contribution is 2.27. The number of hydrogen-bond donors (Lipinski definition) is 2. The summed E-state index contributed by atoms with van der Waals surface area (Å²) in [7, 11) is 0. The Morgan fingerprint density at radius 3 is 1.90 bits per heavy atom. The van der Waals surface area contributed by atoms with Crippen molar-refractivity contribution in [2.24, 2.45) is 0 Å². The second-order valence-electron chi connectivity index (χ2n) is 7.22. The van der Waals surface area contributed by atoms with Gasteiger partial charge in [-0.05, 0) is 36.4 Å². The zero-order valence-electron chi connectivity index (χ0n) is 18.8. The van der Waals surface area contributed by atoms with Crippen LogP contribution in [-0.2, 0) is 0 Å². The Balaban J connectivity index is 0.000000213. The molecule has 0 aliphatic heterocycles. The molecule has 7 aromatic heterocycles. The first-order chi connectivity index (χ1) is 18.1. The average Bonchev–Trinajstić information content (AvgIpc) is 3.72. The summed E-state index contributed by atoms with van der Waals surface area (Å²) >= 11 is 7.01. The molecule has 7 rings (SSSR count). The summed E-state index contributed by atoms with van der Waals surface area (Å²) in [6, 6.07) is 12.8. The Labute approximate surface area is 240 Å². The van der Waals surface area contributed by atoms with Gasteiger partial charge in [0.25, 0.3) is 0 Å². The molecule has 0 amide bonds. The molecule has 0 saturated heterocycles. The summed E-state index contributed by atoms with van der Waals surface area (Å²) in [6.45, 7) is 0. The lowest BCUT2D eigenvalue weighted by Gasteiger charge is -2.01. The largest absolute Gasteiger partial charge is 0.464 e. The lowest BCUT2D eigenvalue weighted by Crippen LogP contribution is -1.92. The number of nitrogens with one attached hydrogen (secondary N) is 1. The Bertz CT molecular complexity index is 1760. The van der Waals surface area contributed by atoms with E-state index >= 15 is 0 Å². The average molecular weight is 578 g/mol. The number of nitrogens with zero attached hydrogens (tertiary/aromatic N) is 5. The lowest BCUT2D eigenvalue weighted by molar-refractivity contribution is 0.615. The first-order valence-corrected chi connectivity index (χ1v) is 11.8. The molecule has 7 heterocycles. The van der Waals surface area contributed by atoms with E-state index in [2.05, 4.69) is 25.3 Å². The molecule has 0 aliphatic rings. The number of hydrogen-bond acceptors (Lipinski definition) is 11. The van der Waals surface area contributed by atoms with Gasteiger partial charge in [0, 0.05) is 18.6 Å². The molecular weight excluding hydrogens is 550 g/mol. The van der Waals surface area contributed by atoms with Gasteiger partial charge in [0.2, 0.25) is 0 Å². The SMILES string of the molecule is C.C.C.Clc1nccc2occc12.N#Cc1cnc(Nc2nccc3occc23)s1.Nc1nccc2occc12. The van der Waals surface area contributed by atoms with Crippen molar-refractivity contribution in [2.75, 3.05) is 11.1 Å². The molecule has 0 radical (unpaired) electrons. The predicted octanol–water partition coefficient (Wildman–Crippen LogP) is 8.70. The summed E-state index contributed by atoms with van der Waals surface area (Å²) in [5, 5.41) is 15.6. The van der Waals surface area contributed by atoms with Crippen molar-refractivity contribution in [1.29, 1.82) is 5.26 Å². The minimum atomic E-state index is 0. The molecule has 0 aromatic carbocycles. The fraction of sp³-hybridized carbons (Fsp3) is 0.107. The van der Waals surface area contributed by atoms with E-state index in [9.17, 15) is 0 Å². The zero-order chi connectivity index (χ0) is 25.6. The molecule has 0 unspecified atom stereocenters. The number of fused-ring (bicyclic) bond motifs is 3. The molecule has 12 heteroatoms. The number of anilines is 3. The van der Waals surface area contributed by atoms with Crippen molar-refractivity contribution in [3.05, 3.63) is 90.0 Å². The van der Waals surface area contributed by atoms with Crippen LogP contribution in [0.2, 0.25) is 5.15 Å². The minimum absolute atomic E-state index is 0. The molecule has 10 nitrogen and oxygen atoms in total.